The van der Waals surface area contributed by atoms with E-state index in [0.29, 0.717) is 54.6 Å². The van der Waals surface area contributed by atoms with Crippen molar-refractivity contribution in [3.63, 3.8) is 0 Å². The Morgan fingerprint density at radius 1 is 0.443 bits per heavy atom. The van der Waals surface area contributed by atoms with Gasteiger partial charge < -0.3 is 28.4 Å². The highest BCUT2D eigenvalue weighted by Gasteiger charge is 2.21. The number of carbonyl (C=O) groups excluding carboxylic acids is 1. The van der Waals surface area contributed by atoms with E-state index in [1.54, 1.807) is 0 Å². The maximum Gasteiger partial charge on any atom is 0.338 e. The van der Waals surface area contributed by atoms with Crippen LogP contribution in [0.15, 0.2) is 164 Å². The molecular weight excluding hydrogens is 761 g/mol. The standard InChI is InChI=1S/C54H42O7/c1-56-54(55)51-39-15-10-16-40(51)34-61-42-30-38-14-5-7-18-44(38)48(32-42)53-46-20-9-3-12-36(46)22-24-50(53)59-28-26-57-25-27-58-49-23-21-35-11-2-8-19-45(35)52(49)47-31-41(60-33-39)29-37-13-4-6-17-43(37)47/h2-24,29-32H,25-28,33-34H2,1H3. The van der Waals surface area contributed by atoms with Crippen LogP contribution in [0.4, 0.5) is 0 Å². The van der Waals surface area contributed by atoms with Crippen molar-refractivity contribution in [3.8, 4) is 45.3 Å². The first-order valence-electron chi connectivity index (χ1n) is 20.5. The molecule has 0 spiro atoms. The maximum absolute atomic E-state index is 13.6. The average Bonchev–Trinajstić information content (AvgIpc) is 3.31. The van der Waals surface area contributed by atoms with Crippen LogP contribution in [0.1, 0.15) is 21.5 Å². The minimum Gasteiger partial charge on any atom is -0.491 e. The van der Waals surface area contributed by atoms with Gasteiger partial charge in [-0.2, -0.15) is 0 Å². The number of fused-ring (bicyclic) bond motifs is 18. The van der Waals surface area contributed by atoms with Gasteiger partial charge in [0, 0.05) is 22.3 Å². The Bertz CT molecular complexity index is 2900. The first-order valence-corrected chi connectivity index (χ1v) is 20.5. The quantitative estimate of drug-likeness (QED) is 0.153. The second-order valence-electron chi connectivity index (χ2n) is 15.0. The minimum atomic E-state index is -0.461. The number of hydrogen-bond acceptors (Lipinski definition) is 7. The van der Waals surface area contributed by atoms with Crippen molar-refractivity contribution in [2.24, 2.45) is 0 Å². The predicted octanol–water partition coefficient (Wildman–Crippen LogP) is 12.4. The van der Waals surface area contributed by atoms with Gasteiger partial charge in [0.15, 0.2) is 0 Å². The Kier molecular flexibility index (Phi) is 10.4. The molecule has 10 rings (SSSR count). The molecule has 0 unspecified atom stereocenters. The molecule has 61 heavy (non-hydrogen) atoms. The summed E-state index contributed by atoms with van der Waals surface area (Å²) in [7, 11) is 1.40. The van der Waals surface area contributed by atoms with Crippen LogP contribution in [0, 0.1) is 0 Å². The molecule has 1 aliphatic rings. The molecule has 7 heteroatoms. The van der Waals surface area contributed by atoms with Gasteiger partial charge in [0.2, 0.25) is 0 Å². The molecule has 0 radical (unpaired) electrons. The van der Waals surface area contributed by atoms with Crippen molar-refractivity contribution in [2.75, 3.05) is 33.5 Å². The molecule has 9 aromatic carbocycles. The zero-order valence-electron chi connectivity index (χ0n) is 33.7. The fourth-order valence-electron chi connectivity index (χ4n) is 8.55. The summed E-state index contributed by atoms with van der Waals surface area (Å²) in [6, 6.07) is 55.3. The summed E-state index contributed by atoms with van der Waals surface area (Å²) in [6.45, 7) is 1.66. The van der Waals surface area contributed by atoms with Gasteiger partial charge in [-0.15, -0.1) is 0 Å². The lowest BCUT2D eigenvalue weighted by molar-refractivity contribution is 0.0594. The summed E-state index contributed by atoms with van der Waals surface area (Å²) in [5.41, 5.74) is 5.65. The van der Waals surface area contributed by atoms with Crippen LogP contribution < -0.4 is 18.9 Å². The molecule has 1 heterocycles. The third kappa shape index (κ3) is 7.45. The predicted molar refractivity (Wildman–Crippen MR) is 242 cm³/mol. The second-order valence-corrected chi connectivity index (χ2v) is 15.0. The first kappa shape index (κ1) is 37.9. The van der Waals surface area contributed by atoms with Crippen molar-refractivity contribution in [1.82, 2.24) is 0 Å². The van der Waals surface area contributed by atoms with E-state index in [9.17, 15) is 4.79 Å². The van der Waals surface area contributed by atoms with E-state index in [2.05, 4.69) is 72.8 Å². The molecule has 0 saturated carbocycles. The zero-order chi connectivity index (χ0) is 41.1. The summed E-state index contributed by atoms with van der Waals surface area (Å²) >= 11 is 0. The minimum absolute atomic E-state index is 0.121. The number of rotatable bonds is 1. The second kappa shape index (κ2) is 16.7. The molecule has 0 amide bonds. The fraction of sp³-hybridized carbons (Fsp3) is 0.130. The number of carbonyl (C=O) groups is 1. The highest BCUT2D eigenvalue weighted by molar-refractivity contribution is 6.09. The number of hydrogen-bond donors (Lipinski definition) is 0. The van der Waals surface area contributed by atoms with Gasteiger partial charge in [-0.3, -0.25) is 0 Å². The molecule has 0 saturated heterocycles. The van der Waals surface area contributed by atoms with Crippen molar-refractivity contribution in [3.05, 3.63) is 180 Å². The Morgan fingerprint density at radius 2 is 0.885 bits per heavy atom. The zero-order valence-corrected chi connectivity index (χ0v) is 33.7. The van der Waals surface area contributed by atoms with E-state index in [1.165, 1.54) is 7.11 Å². The van der Waals surface area contributed by atoms with E-state index < -0.39 is 5.97 Å². The molecule has 1 aliphatic heterocycles. The largest absolute Gasteiger partial charge is 0.491 e. The molecular formula is C54H42O7. The molecule has 300 valence electrons. The first-order chi connectivity index (χ1) is 30.1. The highest BCUT2D eigenvalue weighted by atomic mass is 16.5. The summed E-state index contributed by atoms with van der Waals surface area (Å²) in [4.78, 5) is 13.6. The van der Waals surface area contributed by atoms with Crippen molar-refractivity contribution >= 4 is 49.1 Å². The number of ether oxygens (including phenoxy) is 6. The Hall–Kier alpha value is -7.35. The molecule has 0 atom stereocenters. The maximum atomic E-state index is 13.6. The van der Waals surface area contributed by atoms with Gasteiger partial charge in [-0.1, -0.05) is 127 Å². The van der Waals surface area contributed by atoms with Crippen LogP contribution in [0.3, 0.4) is 0 Å². The summed E-state index contributed by atoms with van der Waals surface area (Å²) in [6.07, 6.45) is 0. The van der Waals surface area contributed by atoms with E-state index >= 15 is 0 Å². The van der Waals surface area contributed by atoms with Crippen molar-refractivity contribution in [1.29, 1.82) is 0 Å². The van der Waals surface area contributed by atoms with E-state index in [4.69, 9.17) is 28.4 Å². The van der Waals surface area contributed by atoms with Crippen LogP contribution in [-0.4, -0.2) is 39.5 Å². The van der Waals surface area contributed by atoms with Crippen molar-refractivity contribution < 1.29 is 33.2 Å². The molecule has 6 bridgehead atoms. The number of esters is 1. The fourth-order valence-corrected chi connectivity index (χ4v) is 8.55. The third-order valence-electron chi connectivity index (χ3n) is 11.4. The summed E-state index contributed by atoms with van der Waals surface area (Å²) < 4.78 is 37.9. The van der Waals surface area contributed by atoms with Crippen LogP contribution in [0.5, 0.6) is 23.0 Å². The molecule has 0 aliphatic carbocycles. The smallest absolute Gasteiger partial charge is 0.338 e. The van der Waals surface area contributed by atoms with Gasteiger partial charge in [0.05, 0.1) is 25.9 Å². The molecule has 0 N–H and O–H groups in total. The molecule has 0 aromatic heterocycles. The Balaban J connectivity index is 1.10. The Morgan fingerprint density at radius 3 is 1.36 bits per heavy atom. The number of benzene rings is 9. The van der Waals surface area contributed by atoms with Gasteiger partial charge in [0.1, 0.15) is 49.4 Å². The average molecular weight is 803 g/mol. The highest BCUT2D eigenvalue weighted by Crippen LogP contribution is 2.44. The van der Waals surface area contributed by atoms with Crippen LogP contribution in [0.25, 0.3) is 65.3 Å². The molecule has 7 nitrogen and oxygen atoms in total. The molecule has 9 aromatic rings. The van der Waals surface area contributed by atoms with Gasteiger partial charge in [-0.25, -0.2) is 4.79 Å². The number of methoxy groups -OCH3 is 1. The van der Waals surface area contributed by atoms with Gasteiger partial charge in [0.25, 0.3) is 0 Å². The van der Waals surface area contributed by atoms with Gasteiger partial charge in [-0.05, 0) is 90.6 Å². The van der Waals surface area contributed by atoms with E-state index in [0.717, 1.165) is 76.8 Å². The Labute approximate surface area is 353 Å². The summed E-state index contributed by atoms with van der Waals surface area (Å²) in [5.74, 6) is 2.33. The topological polar surface area (TPSA) is 72.5 Å². The SMILES string of the molecule is COC(=O)c1c2cccc1COc1cc(c3ccccc3c1)-c1c(ccc3ccccc13)OCCOCCOc1ccc3ccccc3c1-c1cc(cc3ccccc13)OC2. The molecule has 0 fully saturated rings. The van der Waals surface area contributed by atoms with Gasteiger partial charge >= 0.3 is 5.97 Å². The summed E-state index contributed by atoms with van der Waals surface area (Å²) in [5, 5.41) is 8.45. The van der Waals surface area contributed by atoms with E-state index in [-0.39, 0.29) is 13.2 Å². The van der Waals surface area contributed by atoms with Crippen LogP contribution in [-0.2, 0) is 22.7 Å². The van der Waals surface area contributed by atoms with Crippen LogP contribution in [0.2, 0.25) is 0 Å². The normalized spacial score (nSPS) is 13.5. The third-order valence-corrected chi connectivity index (χ3v) is 11.4. The van der Waals surface area contributed by atoms with Crippen molar-refractivity contribution in [2.45, 2.75) is 13.2 Å². The lowest BCUT2D eigenvalue weighted by Gasteiger charge is -2.19. The van der Waals surface area contributed by atoms with Crippen LogP contribution >= 0.6 is 0 Å². The lowest BCUT2D eigenvalue weighted by atomic mass is 9.92. The van der Waals surface area contributed by atoms with E-state index in [1.807, 2.05) is 91.0 Å². The monoisotopic (exact) mass is 802 g/mol. The lowest BCUT2D eigenvalue weighted by Crippen LogP contribution is -2.13.